The third-order valence-electron chi connectivity index (χ3n) is 11.4. The summed E-state index contributed by atoms with van der Waals surface area (Å²) >= 11 is 2.32. The van der Waals surface area contributed by atoms with Crippen molar-refractivity contribution in [1.82, 2.24) is 24.7 Å². The van der Waals surface area contributed by atoms with Crippen molar-refractivity contribution in [3.05, 3.63) is 106 Å². The molecule has 0 aliphatic rings. The zero-order chi connectivity index (χ0) is 52.4. The van der Waals surface area contributed by atoms with E-state index in [1.54, 1.807) is 30.3 Å². The van der Waals surface area contributed by atoms with Crippen molar-refractivity contribution in [3.63, 3.8) is 0 Å². The number of hydrogen-bond donors (Lipinski definition) is 5. The molecule has 0 unspecified atom stereocenters. The van der Waals surface area contributed by atoms with Crippen molar-refractivity contribution in [1.29, 1.82) is 5.26 Å². The fourth-order valence-corrected chi connectivity index (χ4v) is 13.1. The van der Waals surface area contributed by atoms with Crippen LogP contribution in [0.4, 0.5) is 39.6 Å². The molecule has 4 aromatic carbocycles. The Hall–Kier alpha value is -6.65. The Morgan fingerprint density at radius 2 is 1.21 bits per heavy atom. The van der Waals surface area contributed by atoms with Crippen LogP contribution in [0.1, 0.15) is 58.8 Å². The van der Waals surface area contributed by atoms with E-state index < -0.39 is 60.1 Å². The first kappa shape index (κ1) is 51.7. The van der Waals surface area contributed by atoms with Crippen molar-refractivity contribution >= 4 is 123 Å². The Balaban J connectivity index is 1.47. The molecular formula is C44H40N10O12S6. The molecule has 8 aromatic rings. The number of rotatable bonds is 15. The molecule has 0 fully saturated rings. The van der Waals surface area contributed by atoms with Gasteiger partial charge in [0.15, 0.2) is 16.8 Å². The maximum absolute atomic E-state index is 12.9. The van der Waals surface area contributed by atoms with E-state index in [2.05, 4.69) is 21.6 Å². The second-order valence-corrected chi connectivity index (χ2v) is 23.8. The van der Waals surface area contributed by atoms with Gasteiger partial charge in [0.25, 0.3) is 40.5 Å². The molecule has 0 saturated carbocycles. The monoisotopic (exact) mass is 1090 g/mol. The maximum atomic E-state index is 12.9. The van der Waals surface area contributed by atoms with E-state index in [9.17, 15) is 57.1 Å². The van der Waals surface area contributed by atoms with Gasteiger partial charge in [0, 0.05) is 5.69 Å². The number of aryl methyl sites for hydroxylation is 2. The Bertz CT molecular complexity index is 3930. The number of pyridine rings is 1. The molecule has 8 rings (SSSR count). The predicted molar refractivity (Wildman–Crippen MR) is 269 cm³/mol. The van der Waals surface area contributed by atoms with Crippen LogP contribution < -0.4 is 10.2 Å². The van der Waals surface area contributed by atoms with E-state index in [0.717, 1.165) is 22.5 Å². The number of aromatic nitrogens is 5. The van der Waals surface area contributed by atoms with Crippen LogP contribution in [0.3, 0.4) is 0 Å². The minimum Gasteiger partial charge on any atom is -0.338 e. The van der Waals surface area contributed by atoms with Crippen LogP contribution in [-0.4, -0.2) is 76.6 Å². The molecule has 22 nitrogen and oxygen atoms in total. The zero-order valence-corrected chi connectivity index (χ0v) is 43.4. The lowest BCUT2D eigenvalue weighted by atomic mass is 10.1. The van der Waals surface area contributed by atoms with Gasteiger partial charge >= 0.3 is 0 Å². The summed E-state index contributed by atoms with van der Waals surface area (Å²) in [5.74, 6) is -0.594. The second kappa shape index (κ2) is 19.1. The lowest BCUT2D eigenvalue weighted by Crippen LogP contribution is -2.19. The van der Waals surface area contributed by atoms with Crippen molar-refractivity contribution in [2.75, 3.05) is 10.2 Å². The molecule has 0 amide bonds. The topological polar surface area (TPSA) is 338 Å². The average Bonchev–Trinajstić information content (AvgIpc) is 4.01. The largest absolute Gasteiger partial charge is 0.338 e. The number of nitrogens with one attached hydrogen (secondary N) is 1. The summed E-state index contributed by atoms with van der Waals surface area (Å²) in [7, 11) is -20.8. The lowest BCUT2D eigenvalue weighted by Gasteiger charge is -2.28. The van der Waals surface area contributed by atoms with E-state index in [1.165, 1.54) is 61.6 Å². The third kappa shape index (κ3) is 9.82. The van der Waals surface area contributed by atoms with E-state index >= 15 is 0 Å². The normalized spacial score (nSPS) is 12.6. The molecule has 4 heterocycles. The number of benzene rings is 4. The number of thiazole rings is 2. The summed E-state index contributed by atoms with van der Waals surface area (Å²) in [6, 6.07) is 18.9. The summed E-state index contributed by atoms with van der Waals surface area (Å²) in [6.45, 7) is 8.51. The van der Waals surface area contributed by atoms with Gasteiger partial charge in [0.1, 0.15) is 42.7 Å². The van der Waals surface area contributed by atoms with Crippen molar-refractivity contribution < 1.29 is 51.9 Å². The number of para-hydroxylation sites is 2. The summed E-state index contributed by atoms with van der Waals surface area (Å²) in [5.41, 5.74) is 0.0217. The summed E-state index contributed by atoms with van der Waals surface area (Å²) < 4.78 is 147. The predicted octanol–water partition coefficient (Wildman–Crippen LogP) is 9.86. The first-order valence-electron chi connectivity index (χ1n) is 21.1. The van der Waals surface area contributed by atoms with Gasteiger partial charge in [-0.1, -0.05) is 60.3 Å². The first-order valence-corrected chi connectivity index (χ1v) is 28.5. The molecule has 72 heavy (non-hydrogen) atoms. The Kier molecular flexibility index (Phi) is 13.7. The first-order chi connectivity index (χ1) is 33.7. The molecular weight excluding hydrogens is 1050 g/mol. The van der Waals surface area contributed by atoms with Gasteiger partial charge in [-0.15, -0.1) is 10.2 Å². The highest BCUT2D eigenvalue weighted by molar-refractivity contribution is 7.87. The molecule has 0 spiro atoms. The second-order valence-electron chi connectivity index (χ2n) is 16.2. The SMILES string of the molecule is CCCCc1nn(-c2nc3ccccc3s2)c(N=Nc2c(C)cc(N(c3nc4ccccc4s3)c3c(C)c(S(=O)(=O)O)cc(S(=O)(=O)O)c3C)nc2Nc2c(C)c(S(=O)(=O)O)cc(S(=O)(=O)O)c2C)c1C#N. The molecule has 4 aromatic heterocycles. The van der Waals surface area contributed by atoms with Crippen LogP contribution in [-0.2, 0) is 46.9 Å². The van der Waals surface area contributed by atoms with Gasteiger partial charge in [-0.05, 0) is 118 Å². The highest BCUT2D eigenvalue weighted by Crippen LogP contribution is 2.47. The number of anilines is 5. The van der Waals surface area contributed by atoms with E-state index in [0.29, 0.717) is 51.5 Å². The third-order valence-corrected chi connectivity index (χ3v) is 17.4. The van der Waals surface area contributed by atoms with Crippen molar-refractivity contribution in [2.24, 2.45) is 10.2 Å². The van der Waals surface area contributed by atoms with Crippen LogP contribution in [0.25, 0.3) is 25.6 Å². The van der Waals surface area contributed by atoms with Gasteiger partial charge in [0.2, 0.25) is 5.13 Å². The van der Waals surface area contributed by atoms with Crippen LogP contribution in [0.15, 0.2) is 96.5 Å². The van der Waals surface area contributed by atoms with Gasteiger partial charge in [-0.25, -0.2) is 15.0 Å². The number of nitriles is 1. The molecule has 5 N–H and O–H groups in total. The summed E-state index contributed by atoms with van der Waals surface area (Å²) in [6.07, 6.45) is 1.82. The summed E-state index contributed by atoms with van der Waals surface area (Å²) in [4.78, 5) is 12.0. The average molecular weight is 1090 g/mol. The van der Waals surface area contributed by atoms with E-state index in [4.69, 9.17) is 20.1 Å². The quantitative estimate of drug-likeness (QED) is 0.0470. The molecule has 0 aliphatic carbocycles. The fraction of sp³-hybridized carbons (Fsp3) is 0.205. The minimum absolute atomic E-state index is 0.0378. The maximum Gasteiger partial charge on any atom is 0.294 e. The van der Waals surface area contributed by atoms with Crippen LogP contribution in [0, 0.1) is 45.9 Å². The molecule has 0 radical (unpaired) electrons. The van der Waals surface area contributed by atoms with Crippen molar-refractivity contribution in [3.8, 4) is 11.2 Å². The molecule has 374 valence electrons. The van der Waals surface area contributed by atoms with Crippen LogP contribution in [0.2, 0.25) is 0 Å². The number of nitrogens with zero attached hydrogens (tertiary/aromatic N) is 9. The smallest absolute Gasteiger partial charge is 0.294 e. The molecule has 0 saturated heterocycles. The van der Waals surface area contributed by atoms with Crippen LogP contribution >= 0.6 is 22.7 Å². The van der Waals surface area contributed by atoms with Gasteiger partial charge in [-0.2, -0.15) is 48.7 Å². The summed E-state index contributed by atoms with van der Waals surface area (Å²) in [5, 5.41) is 27.8. The van der Waals surface area contributed by atoms with Gasteiger partial charge in [-0.3, -0.25) is 23.1 Å². The molecule has 0 bridgehead atoms. The fourth-order valence-electron chi connectivity index (χ4n) is 8.03. The Morgan fingerprint density at radius 1 is 0.694 bits per heavy atom. The number of hydrogen-bond acceptors (Lipinski definition) is 19. The molecule has 0 aliphatic heterocycles. The number of fused-ring (bicyclic) bond motifs is 2. The highest BCUT2D eigenvalue weighted by Gasteiger charge is 2.33. The minimum atomic E-state index is -5.21. The molecule has 0 atom stereocenters. The van der Waals surface area contributed by atoms with Gasteiger partial charge < -0.3 is 5.32 Å². The van der Waals surface area contributed by atoms with E-state index in [1.807, 2.05) is 25.1 Å². The van der Waals surface area contributed by atoms with Gasteiger partial charge in [0.05, 0.1) is 31.8 Å². The number of unbranched alkanes of at least 4 members (excludes halogenated alkanes) is 1. The molecule has 28 heteroatoms. The Labute approximate surface area is 420 Å². The zero-order valence-electron chi connectivity index (χ0n) is 38.5. The number of azo groups is 1. The highest BCUT2D eigenvalue weighted by atomic mass is 32.2. The van der Waals surface area contributed by atoms with Crippen molar-refractivity contribution in [2.45, 2.75) is 80.4 Å². The van der Waals surface area contributed by atoms with E-state index in [-0.39, 0.29) is 73.0 Å². The Morgan fingerprint density at radius 3 is 1.71 bits per heavy atom. The van der Waals surface area contributed by atoms with Crippen LogP contribution in [0.5, 0.6) is 0 Å². The standard InChI is InChI=1S/C44H40N10O12S6/c1-7-8-13-28-27(21-45)42(54(52-28)44-47-30-15-10-12-17-32(30)68-44)51-50-38-22(2)18-37(48-41(38)49-39-23(3)33(69(55,56)57)19-34(24(39)4)70(58,59)60)53(43-46-29-14-9-11-16-31(29)67-43)40-25(5)35(71(61,62)63)20-36(26(40)6)72(64,65)66/h9-12,14-20H,7-8,13H2,1-6H3,(H,48,49)(H,55,56,57)(H,58,59,60)(H,61,62,63)(H,64,65,66). The lowest BCUT2D eigenvalue weighted by molar-refractivity contribution is 0.475.